The van der Waals surface area contributed by atoms with E-state index in [1.807, 2.05) is 63.2 Å². The lowest BCUT2D eigenvalue weighted by Crippen LogP contribution is -2.27. The Morgan fingerprint density at radius 1 is 1.00 bits per heavy atom. The van der Waals surface area contributed by atoms with E-state index < -0.39 is 0 Å². The van der Waals surface area contributed by atoms with Gasteiger partial charge in [-0.1, -0.05) is 17.7 Å². The number of benzene rings is 2. The third kappa shape index (κ3) is 7.12. The summed E-state index contributed by atoms with van der Waals surface area (Å²) in [6, 6.07) is 12.4. The quantitative estimate of drug-likeness (QED) is 0.560. The Morgan fingerprint density at radius 2 is 1.66 bits per heavy atom. The fourth-order valence-electron chi connectivity index (χ4n) is 2.73. The molecule has 0 fully saturated rings. The van der Waals surface area contributed by atoms with Crippen molar-refractivity contribution in [2.45, 2.75) is 20.3 Å². The van der Waals surface area contributed by atoms with E-state index in [0.717, 1.165) is 17.7 Å². The predicted octanol–water partition coefficient (Wildman–Crippen LogP) is 3.86. The molecule has 0 aliphatic rings. The summed E-state index contributed by atoms with van der Waals surface area (Å²) in [7, 11) is 3.75. The van der Waals surface area contributed by atoms with E-state index in [2.05, 4.69) is 16.0 Å². The van der Waals surface area contributed by atoms with Crippen molar-refractivity contribution < 1.29 is 14.3 Å². The van der Waals surface area contributed by atoms with Crippen LogP contribution in [-0.2, 0) is 4.74 Å². The van der Waals surface area contributed by atoms with Crippen LogP contribution in [0.25, 0.3) is 0 Å². The Kier molecular flexibility index (Phi) is 8.48. The van der Waals surface area contributed by atoms with E-state index in [1.54, 1.807) is 12.1 Å². The molecule has 0 saturated carbocycles. The molecule has 2 aromatic carbocycles. The molecule has 7 heteroatoms. The van der Waals surface area contributed by atoms with Crippen molar-refractivity contribution in [3.8, 4) is 0 Å². The molecule has 3 N–H and O–H groups in total. The molecule has 0 unspecified atom stereocenters. The molecule has 0 bridgehead atoms. The van der Waals surface area contributed by atoms with Crippen LogP contribution in [0.5, 0.6) is 0 Å². The standard InChI is InChI=1S/C22H30N4O3/c1-5-29-14-6-13-23-21(27)19-15-18(11-12-20(19)26(3)4)25-22(28)24-17-9-7-16(2)8-10-17/h7-12,15H,5-6,13-14H2,1-4H3,(H,23,27)(H2,24,25,28). The highest BCUT2D eigenvalue weighted by Gasteiger charge is 2.14. The Balaban J connectivity index is 2.05. The van der Waals surface area contributed by atoms with Crippen LogP contribution in [0.15, 0.2) is 42.5 Å². The van der Waals surface area contributed by atoms with E-state index in [4.69, 9.17) is 4.74 Å². The second-order valence-electron chi connectivity index (χ2n) is 6.88. The first kappa shape index (κ1) is 22.2. The van der Waals surface area contributed by atoms with Gasteiger partial charge in [0.1, 0.15) is 0 Å². The van der Waals surface area contributed by atoms with Gasteiger partial charge < -0.3 is 25.6 Å². The summed E-state index contributed by atoms with van der Waals surface area (Å²) in [5, 5.41) is 8.47. The number of carbonyl (C=O) groups is 2. The Morgan fingerprint density at radius 3 is 2.31 bits per heavy atom. The number of aryl methyl sites for hydroxylation is 1. The van der Waals surface area contributed by atoms with E-state index in [9.17, 15) is 9.59 Å². The van der Waals surface area contributed by atoms with Crippen molar-refractivity contribution in [3.05, 3.63) is 53.6 Å². The molecule has 0 saturated heterocycles. The Bertz CT molecular complexity index is 819. The fraction of sp³-hybridized carbons (Fsp3) is 0.364. The zero-order valence-corrected chi connectivity index (χ0v) is 17.5. The lowest BCUT2D eigenvalue weighted by molar-refractivity contribution is 0.0944. The normalized spacial score (nSPS) is 10.3. The summed E-state index contributed by atoms with van der Waals surface area (Å²) in [5.41, 5.74) is 3.63. The van der Waals surface area contributed by atoms with Crippen LogP contribution in [0, 0.1) is 6.92 Å². The highest BCUT2D eigenvalue weighted by Crippen LogP contribution is 2.23. The average Bonchev–Trinajstić information content (AvgIpc) is 2.69. The Hall–Kier alpha value is -3.06. The maximum absolute atomic E-state index is 12.7. The molecule has 0 aliphatic carbocycles. The molecule has 0 spiro atoms. The monoisotopic (exact) mass is 398 g/mol. The van der Waals surface area contributed by atoms with Gasteiger partial charge in [0.15, 0.2) is 0 Å². The van der Waals surface area contributed by atoms with Gasteiger partial charge in [0.25, 0.3) is 5.91 Å². The molecule has 0 atom stereocenters. The van der Waals surface area contributed by atoms with Gasteiger partial charge in [-0.15, -0.1) is 0 Å². The largest absolute Gasteiger partial charge is 0.382 e. The first-order valence-corrected chi connectivity index (χ1v) is 9.72. The minimum Gasteiger partial charge on any atom is -0.382 e. The first-order chi connectivity index (χ1) is 13.9. The van der Waals surface area contributed by atoms with Crippen molar-refractivity contribution in [1.29, 1.82) is 0 Å². The lowest BCUT2D eigenvalue weighted by Gasteiger charge is -2.18. The summed E-state index contributed by atoms with van der Waals surface area (Å²) >= 11 is 0. The number of nitrogens with zero attached hydrogens (tertiary/aromatic N) is 1. The average molecular weight is 399 g/mol. The summed E-state index contributed by atoms with van der Waals surface area (Å²) in [4.78, 5) is 26.8. The van der Waals surface area contributed by atoms with Crippen molar-refractivity contribution in [3.63, 3.8) is 0 Å². The number of carbonyl (C=O) groups excluding carboxylic acids is 2. The number of hydrogen-bond acceptors (Lipinski definition) is 4. The van der Waals surface area contributed by atoms with Crippen molar-refractivity contribution in [2.75, 3.05) is 49.4 Å². The van der Waals surface area contributed by atoms with Crippen molar-refractivity contribution in [1.82, 2.24) is 5.32 Å². The molecule has 2 rings (SSSR count). The van der Waals surface area contributed by atoms with Gasteiger partial charge >= 0.3 is 6.03 Å². The van der Waals surface area contributed by atoms with Gasteiger partial charge in [-0.05, 0) is 50.6 Å². The third-order valence-electron chi connectivity index (χ3n) is 4.25. The number of amides is 3. The molecule has 0 aromatic heterocycles. The van der Waals surface area contributed by atoms with E-state index in [-0.39, 0.29) is 11.9 Å². The number of urea groups is 1. The third-order valence-corrected chi connectivity index (χ3v) is 4.25. The predicted molar refractivity (Wildman–Crippen MR) is 118 cm³/mol. The SMILES string of the molecule is CCOCCCNC(=O)c1cc(NC(=O)Nc2ccc(C)cc2)ccc1N(C)C. The minimum atomic E-state index is -0.366. The first-order valence-electron chi connectivity index (χ1n) is 9.72. The van der Waals surface area contributed by atoms with E-state index in [0.29, 0.717) is 36.7 Å². The van der Waals surface area contributed by atoms with Crippen LogP contribution in [0.1, 0.15) is 29.3 Å². The number of anilines is 3. The highest BCUT2D eigenvalue weighted by atomic mass is 16.5. The van der Waals surface area contributed by atoms with Crippen LogP contribution >= 0.6 is 0 Å². The molecule has 3 amide bonds. The van der Waals surface area contributed by atoms with Gasteiger partial charge in [0, 0.05) is 50.9 Å². The second-order valence-corrected chi connectivity index (χ2v) is 6.88. The maximum atomic E-state index is 12.7. The zero-order chi connectivity index (χ0) is 21.2. The summed E-state index contributed by atoms with van der Waals surface area (Å²) in [6.45, 7) is 5.72. The molecule has 2 aromatic rings. The van der Waals surface area contributed by atoms with Crippen LogP contribution < -0.4 is 20.9 Å². The number of nitrogens with one attached hydrogen (secondary N) is 3. The topological polar surface area (TPSA) is 82.7 Å². The zero-order valence-electron chi connectivity index (χ0n) is 17.5. The lowest BCUT2D eigenvalue weighted by atomic mass is 10.1. The van der Waals surface area contributed by atoms with Gasteiger partial charge in [-0.25, -0.2) is 4.79 Å². The molecule has 0 radical (unpaired) electrons. The maximum Gasteiger partial charge on any atom is 0.323 e. The minimum absolute atomic E-state index is 0.187. The fourth-order valence-corrected chi connectivity index (χ4v) is 2.73. The van der Waals surface area contributed by atoms with Crippen LogP contribution in [0.4, 0.5) is 21.9 Å². The number of ether oxygens (including phenoxy) is 1. The van der Waals surface area contributed by atoms with E-state index >= 15 is 0 Å². The molecule has 7 nitrogen and oxygen atoms in total. The number of hydrogen-bond donors (Lipinski definition) is 3. The van der Waals surface area contributed by atoms with Crippen LogP contribution in [-0.4, -0.2) is 45.8 Å². The molecular formula is C22H30N4O3. The van der Waals surface area contributed by atoms with Gasteiger partial charge in [-0.3, -0.25) is 4.79 Å². The van der Waals surface area contributed by atoms with E-state index in [1.165, 1.54) is 0 Å². The second kappa shape index (κ2) is 11.1. The van der Waals surface area contributed by atoms with Gasteiger partial charge in [0.05, 0.1) is 5.56 Å². The van der Waals surface area contributed by atoms with Crippen molar-refractivity contribution >= 4 is 29.0 Å². The molecule has 156 valence electrons. The van der Waals surface area contributed by atoms with Crippen molar-refractivity contribution in [2.24, 2.45) is 0 Å². The smallest absolute Gasteiger partial charge is 0.323 e. The molecule has 0 aliphatic heterocycles. The summed E-state index contributed by atoms with van der Waals surface area (Å²) in [6.07, 6.45) is 0.744. The molecule has 29 heavy (non-hydrogen) atoms. The number of rotatable bonds is 9. The van der Waals surface area contributed by atoms with Gasteiger partial charge in [0.2, 0.25) is 0 Å². The summed E-state index contributed by atoms with van der Waals surface area (Å²) < 4.78 is 5.29. The van der Waals surface area contributed by atoms with Crippen LogP contribution in [0.3, 0.4) is 0 Å². The molecule has 0 heterocycles. The Labute approximate surface area is 172 Å². The highest BCUT2D eigenvalue weighted by molar-refractivity contribution is 6.03. The van der Waals surface area contributed by atoms with Crippen LogP contribution in [0.2, 0.25) is 0 Å². The molecular weight excluding hydrogens is 368 g/mol. The summed E-state index contributed by atoms with van der Waals surface area (Å²) in [5.74, 6) is -0.187. The van der Waals surface area contributed by atoms with Gasteiger partial charge in [-0.2, -0.15) is 0 Å².